The van der Waals surface area contributed by atoms with Crippen molar-refractivity contribution in [1.82, 2.24) is 10.6 Å². The van der Waals surface area contributed by atoms with Gasteiger partial charge >= 0.3 is 0 Å². The first kappa shape index (κ1) is 16.2. The number of carbonyl (C=O) groups is 1. The Labute approximate surface area is 121 Å². The molecule has 0 bridgehead atoms. The van der Waals surface area contributed by atoms with Crippen LogP contribution in [0.2, 0.25) is 0 Å². The highest BCUT2D eigenvalue weighted by Crippen LogP contribution is 2.12. The lowest BCUT2D eigenvalue weighted by atomic mass is 10.2. The number of rotatable bonds is 9. The highest BCUT2D eigenvalue weighted by Gasteiger charge is 2.01. The highest BCUT2D eigenvalue weighted by molar-refractivity contribution is 5.77. The molecule has 1 rings (SSSR count). The van der Waals surface area contributed by atoms with Crippen LogP contribution in [0, 0.1) is 5.92 Å². The molecular weight excluding hydrogens is 252 g/mol. The van der Waals surface area contributed by atoms with Gasteiger partial charge in [-0.05, 0) is 30.2 Å². The first-order valence-corrected chi connectivity index (χ1v) is 6.92. The van der Waals surface area contributed by atoms with Gasteiger partial charge in [-0.3, -0.25) is 4.79 Å². The Bertz CT molecular complexity index is 413. The molecule has 1 aromatic rings. The Balaban J connectivity index is 2.31. The Morgan fingerprint density at radius 3 is 2.65 bits per heavy atom. The smallest absolute Gasteiger partial charge is 0.258 e. The molecule has 4 nitrogen and oxygen atoms in total. The van der Waals surface area contributed by atoms with Crippen molar-refractivity contribution in [2.24, 2.45) is 5.92 Å². The van der Waals surface area contributed by atoms with E-state index in [0.717, 1.165) is 13.1 Å². The summed E-state index contributed by atoms with van der Waals surface area (Å²) < 4.78 is 5.40. The Morgan fingerprint density at radius 2 is 2.05 bits per heavy atom. The zero-order chi connectivity index (χ0) is 14.8. The zero-order valence-electron chi connectivity index (χ0n) is 12.3. The molecular formula is C16H24N2O2. The number of hydrogen-bond donors (Lipinski definition) is 2. The van der Waals surface area contributed by atoms with Crippen LogP contribution < -0.4 is 15.4 Å². The van der Waals surface area contributed by atoms with Crippen LogP contribution in [0.3, 0.4) is 0 Å². The fraction of sp³-hybridized carbons (Fsp3) is 0.438. The molecule has 0 saturated carbocycles. The van der Waals surface area contributed by atoms with E-state index in [0.29, 0.717) is 18.2 Å². The summed E-state index contributed by atoms with van der Waals surface area (Å²) in [5.74, 6) is 1.20. The van der Waals surface area contributed by atoms with Crippen LogP contribution in [-0.4, -0.2) is 25.6 Å². The van der Waals surface area contributed by atoms with Crippen LogP contribution in [0.5, 0.6) is 5.75 Å². The van der Waals surface area contributed by atoms with Crippen molar-refractivity contribution in [3.63, 3.8) is 0 Å². The van der Waals surface area contributed by atoms with Gasteiger partial charge in [0.15, 0.2) is 6.61 Å². The second-order valence-corrected chi connectivity index (χ2v) is 5.05. The number of amides is 1. The Kier molecular flexibility index (Phi) is 7.43. The summed E-state index contributed by atoms with van der Waals surface area (Å²) in [7, 11) is 0. The standard InChI is InChI=1S/C16H24N2O2/c1-4-9-18-16(19)12-20-15-7-5-14(6-8-15)11-17-10-13(2)3/h4-8,13,17H,1,9-12H2,2-3H3,(H,18,19). The summed E-state index contributed by atoms with van der Waals surface area (Å²) in [5, 5.41) is 6.04. The molecule has 0 atom stereocenters. The molecule has 0 aromatic heterocycles. The lowest BCUT2D eigenvalue weighted by molar-refractivity contribution is -0.122. The van der Waals surface area contributed by atoms with Gasteiger partial charge < -0.3 is 15.4 Å². The van der Waals surface area contributed by atoms with Crippen LogP contribution in [0.4, 0.5) is 0 Å². The number of hydrogen-bond acceptors (Lipinski definition) is 3. The van der Waals surface area contributed by atoms with Gasteiger partial charge in [0, 0.05) is 13.1 Å². The van der Waals surface area contributed by atoms with E-state index < -0.39 is 0 Å². The number of benzene rings is 1. The Morgan fingerprint density at radius 1 is 1.35 bits per heavy atom. The predicted octanol–water partition coefficient (Wildman–Crippen LogP) is 2.11. The van der Waals surface area contributed by atoms with Crippen LogP contribution in [0.25, 0.3) is 0 Å². The average Bonchev–Trinajstić information content (AvgIpc) is 2.44. The molecule has 0 fully saturated rings. The molecule has 1 aromatic carbocycles. The van der Waals surface area contributed by atoms with E-state index in [-0.39, 0.29) is 12.5 Å². The summed E-state index contributed by atoms with van der Waals surface area (Å²) in [6.45, 7) is 10.2. The summed E-state index contributed by atoms with van der Waals surface area (Å²) >= 11 is 0. The van der Waals surface area contributed by atoms with Gasteiger partial charge in [-0.2, -0.15) is 0 Å². The van der Waals surface area contributed by atoms with Crippen LogP contribution >= 0.6 is 0 Å². The van der Waals surface area contributed by atoms with Crippen LogP contribution in [-0.2, 0) is 11.3 Å². The van der Waals surface area contributed by atoms with Gasteiger partial charge in [0.05, 0.1) is 0 Å². The molecule has 0 heterocycles. The summed E-state index contributed by atoms with van der Waals surface area (Å²) in [6, 6.07) is 7.77. The van der Waals surface area contributed by atoms with E-state index in [1.807, 2.05) is 24.3 Å². The molecule has 0 aliphatic rings. The molecule has 0 aliphatic carbocycles. The first-order valence-electron chi connectivity index (χ1n) is 6.92. The normalized spacial score (nSPS) is 10.3. The second kappa shape index (κ2) is 9.15. The summed E-state index contributed by atoms with van der Waals surface area (Å²) in [5.41, 5.74) is 1.20. The van der Waals surface area contributed by atoms with Gasteiger partial charge in [0.25, 0.3) is 5.91 Å². The maximum Gasteiger partial charge on any atom is 0.258 e. The van der Waals surface area contributed by atoms with E-state index >= 15 is 0 Å². The molecule has 4 heteroatoms. The largest absolute Gasteiger partial charge is 0.484 e. The van der Waals surface area contributed by atoms with Gasteiger partial charge in [0.2, 0.25) is 0 Å². The third-order valence-electron chi connectivity index (χ3n) is 2.62. The van der Waals surface area contributed by atoms with Crippen molar-refractivity contribution in [3.8, 4) is 5.75 Å². The molecule has 0 saturated heterocycles. The van der Waals surface area contributed by atoms with E-state index in [9.17, 15) is 4.79 Å². The maximum atomic E-state index is 11.4. The summed E-state index contributed by atoms with van der Waals surface area (Å²) in [6.07, 6.45) is 1.64. The SMILES string of the molecule is C=CCNC(=O)COc1ccc(CNCC(C)C)cc1. The fourth-order valence-electron chi connectivity index (χ4n) is 1.59. The molecule has 0 unspecified atom stereocenters. The average molecular weight is 276 g/mol. The number of nitrogens with one attached hydrogen (secondary N) is 2. The monoisotopic (exact) mass is 276 g/mol. The first-order chi connectivity index (χ1) is 9.61. The van der Waals surface area contributed by atoms with Gasteiger partial charge in [0.1, 0.15) is 5.75 Å². The molecule has 110 valence electrons. The zero-order valence-corrected chi connectivity index (χ0v) is 12.3. The van der Waals surface area contributed by atoms with Crippen molar-refractivity contribution in [2.75, 3.05) is 19.7 Å². The fourth-order valence-corrected chi connectivity index (χ4v) is 1.59. The maximum absolute atomic E-state index is 11.4. The van der Waals surface area contributed by atoms with Gasteiger partial charge in [-0.15, -0.1) is 6.58 Å². The number of carbonyl (C=O) groups excluding carboxylic acids is 1. The van der Waals surface area contributed by atoms with E-state index in [1.54, 1.807) is 6.08 Å². The second-order valence-electron chi connectivity index (χ2n) is 5.05. The topological polar surface area (TPSA) is 50.4 Å². The molecule has 20 heavy (non-hydrogen) atoms. The predicted molar refractivity (Wildman–Crippen MR) is 81.7 cm³/mol. The van der Waals surface area contributed by atoms with E-state index in [1.165, 1.54) is 5.56 Å². The minimum atomic E-state index is -0.146. The molecule has 2 N–H and O–H groups in total. The molecule has 0 radical (unpaired) electrons. The van der Waals surface area contributed by atoms with Crippen molar-refractivity contribution in [2.45, 2.75) is 20.4 Å². The van der Waals surface area contributed by atoms with Crippen molar-refractivity contribution < 1.29 is 9.53 Å². The van der Waals surface area contributed by atoms with E-state index in [4.69, 9.17) is 4.74 Å². The van der Waals surface area contributed by atoms with Gasteiger partial charge in [-0.1, -0.05) is 32.1 Å². The van der Waals surface area contributed by atoms with Crippen LogP contribution in [0.1, 0.15) is 19.4 Å². The van der Waals surface area contributed by atoms with Crippen molar-refractivity contribution in [1.29, 1.82) is 0 Å². The minimum Gasteiger partial charge on any atom is -0.484 e. The summed E-state index contributed by atoms with van der Waals surface area (Å²) in [4.78, 5) is 11.4. The molecule has 0 aliphatic heterocycles. The minimum absolute atomic E-state index is 0.0266. The van der Waals surface area contributed by atoms with Gasteiger partial charge in [-0.25, -0.2) is 0 Å². The van der Waals surface area contributed by atoms with E-state index in [2.05, 4.69) is 31.1 Å². The lowest BCUT2D eigenvalue weighted by Crippen LogP contribution is -2.28. The van der Waals surface area contributed by atoms with Crippen molar-refractivity contribution >= 4 is 5.91 Å². The quantitative estimate of drug-likeness (QED) is 0.679. The highest BCUT2D eigenvalue weighted by atomic mass is 16.5. The number of ether oxygens (including phenoxy) is 1. The third-order valence-corrected chi connectivity index (χ3v) is 2.62. The molecule has 0 spiro atoms. The molecule has 1 amide bonds. The lowest BCUT2D eigenvalue weighted by Gasteiger charge is -2.09. The van der Waals surface area contributed by atoms with Crippen LogP contribution in [0.15, 0.2) is 36.9 Å². The Hall–Kier alpha value is -1.81. The third kappa shape index (κ3) is 6.95. The van der Waals surface area contributed by atoms with Crippen molar-refractivity contribution in [3.05, 3.63) is 42.5 Å².